The standard InChI is InChI=1S/C16H19NO2S/c1-16(2)8-14(18)13(15(19)9-16)10-17-11-4-6-12(20-3)7-5-11/h4-7,10,13H,8-9H2,1-3H3. The minimum Gasteiger partial charge on any atom is -0.298 e. The van der Waals surface area contributed by atoms with Gasteiger partial charge in [0.1, 0.15) is 17.5 Å². The third kappa shape index (κ3) is 3.57. The van der Waals surface area contributed by atoms with Gasteiger partial charge in [0.2, 0.25) is 0 Å². The SMILES string of the molecule is CSc1ccc(N=CC2C(=O)CC(C)(C)CC2=O)cc1. The highest BCUT2D eigenvalue weighted by Crippen LogP contribution is 2.33. The van der Waals surface area contributed by atoms with Crippen LogP contribution in [0, 0.1) is 11.3 Å². The molecule has 1 aromatic rings. The molecule has 20 heavy (non-hydrogen) atoms. The Kier molecular flexibility index (Phi) is 4.43. The van der Waals surface area contributed by atoms with Crippen molar-refractivity contribution in [2.45, 2.75) is 31.6 Å². The maximum Gasteiger partial charge on any atom is 0.149 e. The van der Waals surface area contributed by atoms with Crippen molar-refractivity contribution >= 4 is 35.2 Å². The zero-order chi connectivity index (χ0) is 14.8. The zero-order valence-electron chi connectivity index (χ0n) is 12.1. The molecule has 0 radical (unpaired) electrons. The number of hydrogen-bond donors (Lipinski definition) is 0. The monoisotopic (exact) mass is 289 g/mol. The van der Waals surface area contributed by atoms with Crippen LogP contribution in [0.2, 0.25) is 0 Å². The summed E-state index contributed by atoms with van der Waals surface area (Å²) < 4.78 is 0. The zero-order valence-corrected chi connectivity index (χ0v) is 12.9. The van der Waals surface area contributed by atoms with Crippen LogP contribution in [0.5, 0.6) is 0 Å². The topological polar surface area (TPSA) is 46.5 Å². The van der Waals surface area contributed by atoms with E-state index in [2.05, 4.69) is 4.99 Å². The van der Waals surface area contributed by atoms with Crippen LogP contribution in [0.1, 0.15) is 26.7 Å². The lowest BCUT2D eigenvalue weighted by Gasteiger charge is -2.30. The summed E-state index contributed by atoms with van der Waals surface area (Å²) in [4.78, 5) is 29.5. The van der Waals surface area contributed by atoms with Gasteiger partial charge in [0.15, 0.2) is 0 Å². The molecule has 0 heterocycles. The van der Waals surface area contributed by atoms with E-state index in [4.69, 9.17) is 0 Å². The number of ketones is 2. The molecule has 1 aliphatic rings. The maximum absolute atomic E-state index is 12.0. The first-order valence-electron chi connectivity index (χ1n) is 6.65. The predicted octanol–water partition coefficient (Wildman–Crippen LogP) is 3.69. The Morgan fingerprint density at radius 2 is 1.70 bits per heavy atom. The van der Waals surface area contributed by atoms with E-state index in [1.165, 1.54) is 6.21 Å². The lowest BCUT2D eigenvalue weighted by Crippen LogP contribution is -2.38. The normalized spacial score (nSPS) is 19.8. The van der Waals surface area contributed by atoms with Gasteiger partial charge in [0.05, 0.1) is 5.69 Å². The molecule has 0 N–H and O–H groups in total. The fraction of sp³-hybridized carbons (Fsp3) is 0.438. The van der Waals surface area contributed by atoms with Crippen LogP contribution in [0.25, 0.3) is 0 Å². The van der Waals surface area contributed by atoms with Gasteiger partial charge in [-0.25, -0.2) is 0 Å². The highest BCUT2D eigenvalue weighted by atomic mass is 32.2. The molecule has 2 rings (SSSR count). The van der Waals surface area contributed by atoms with Crippen LogP contribution in [0.4, 0.5) is 5.69 Å². The van der Waals surface area contributed by atoms with E-state index < -0.39 is 5.92 Å². The Bertz CT molecular complexity index is 526. The minimum atomic E-state index is -0.664. The van der Waals surface area contributed by atoms with Crippen LogP contribution >= 0.6 is 11.8 Å². The van der Waals surface area contributed by atoms with E-state index in [1.54, 1.807) is 11.8 Å². The third-order valence-electron chi connectivity index (χ3n) is 3.44. The van der Waals surface area contributed by atoms with Crippen molar-refractivity contribution in [3.63, 3.8) is 0 Å². The fourth-order valence-corrected chi connectivity index (χ4v) is 2.81. The Labute approximate surface area is 123 Å². The van der Waals surface area contributed by atoms with Crippen molar-refractivity contribution in [3.05, 3.63) is 24.3 Å². The quantitative estimate of drug-likeness (QED) is 0.484. The number of nitrogens with zero attached hydrogens (tertiary/aromatic N) is 1. The van der Waals surface area contributed by atoms with Crippen molar-refractivity contribution < 1.29 is 9.59 Å². The molecular formula is C16H19NO2S. The molecule has 0 amide bonds. The van der Waals surface area contributed by atoms with Crippen LogP contribution < -0.4 is 0 Å². The number of benzene rings is 1. The molecule has 0 bridgehead atoms. The van der Waals surface area contributed by atoms with Crippen molar-refractivity contribution in [1.82, 2.24) is 0 Å². The summed E-state index contributed by atoms with van der Waals surface area (Å²) in [6.45, 7) is 3.91. The number of carbonyl (C=O) groups excluding carboxylic acids is 2. The number of aliphatic imine (C=N–C) groups is 1. The summed E-state index contributed by atoms with van der Waals surface area (Å²) in [7, 11) is 0. The van der Waals surface area contributed by atoms with Gasteiger partial charge in [-0.2, -0.15) is 0 Å². The van der Waals surface area contributed by atoms with E-state index in [0.717, 1.165) is 10.6 Å². The second-order valence-corrected chi connectivity index (χ2v) is 6.78. The van der Waals surface area contributed by atoms with Crippen LogP contribution in [0.3, 0.4) is 0 Å². The van der Waals surface area contributed by atoms with Crippen molar-refractivity contribution in [1.29, 1.82) is 0 Å². The molecule has 1 aromatic carbocycles. The molecule has 0 saturated heterocycles. The van der Waals surface area contributed by atoms with E-state index in [-0.39, 0.29) is 17.0 Å². The van der Waals surface area contributed by atoms with Gasteiger partial charge in [-0.1, -0.05) is 13.8 Å². The van der Waals surface area contributed by atoms with Crippen molar-refractivity contribution in [2.24, 2.45) is 16.3 Å². The Morgan fingerprint density at radius 1 is 1.15 bits per heavy atom. The summed E-state index contributed by atoms with van der Waals surface area (Å²) in [5.41, 5.74) is 0.562. The van der Waals surface area contributed by atoms with Gasteiger partial charge in [0.25, 0.3) is 0 Å². The molecule has 106 valence electrons. The highest BCUT2D eigenvalue weighted by Gasteiger charge is 2.38. The fourth-order valence-electron chi connectivity index (χ4n) is 2.40. The Morgan fingerprint density at radius 3 is 2.20 bits per heavy atom. The molecule has 0 atom stereocenters. The first-order valence-corrected chi connectivity index (χ1v) is 7.87. The Balaban J connectivity index is 2.10. The lowest BCUT2D eigenvalue weighted by atomic mass is 9.72. The average molecular weight is 289 g/mol. The summed E-state index contributed by atoms with van der Waals surface area (Å²) in [6.07, 6.45) is 4.41. The summed E-state index contributed by atoms with van der Waals surface area (Å²) >= 11 is 1.66. The Hall–Kier alpha value is -1.42. The van der Waals surface area contributed by atoms with E-state index in [1.807, 2.05) is 44.4 Å². The van der Waals surface area contributed by atoms with Crippen LogP contribution in [0.15, 0.2) is 34.2 Å². The number of thioether (sulfide) groups is 1. The predicted molar refractivity (Wildman–Crippen MR) is 82.9 cm³/mol. The maximum atomic E-state index is 12.0. The molecule has 1 fully saturated rings. The number of hydrogen-bond acceptors (Lipinski definition) is 4. The van der Waals surface area contributed by atoms with Crippen LogP contribution in [-0.2, 0) is 9.59 Å². The van der Waals surface area contributed by atoms with E-state index >= 15 is 0 Å². The first kappa shape index (κ1) is 15.0. The van der Waals surface area contributed by atoms with Crippen molar-refractivity contribution in [3.8, 4) is 0 Å². The van der Waals surface area contributed by atoms with Crippen LogP contribution in [-0.4, -0.2) is 24.0 Å². The summed E-state index contributed by atoms with van der Waals surface area (Å²) in [6, 6.07) is 7.74. The highest BCUT2D eigenvalue weighted by molar-refractivity contribution is 7.98. The van der Waals surface area contributed by atoms with E-state index in [9.17, 15) is 9.59 Å². The molecule has 3 nitrogen and oxygen atoms in total. The molecule has 4 heteroatoms. The average Bonchev–Trinajstić information content (AvgIpc) is 2.37. The molecule has 0 aliphatic heterocycles. The van der Waals surface area contributed by atoms with Gasteiger partial charge in [-0.3, -0.25) is 14.6 Å². The van der Waals surface area contributed by atoms with E-state index in [0.29, 0.717) is 12.8 Å². The van der Waals surface area contributed by atoms with Gasteiger partial charge in [-0.05, 0) is 35.9 Å². The molecule has 0 unspecified atom stereocenters. The molecular weight excluding hydrogens is 270 g/mol. The molecule has 0 aromatic heterocycles. The molecule has 1 saturated carbocycles. The molecule has 1 aliphatic carbocycles. The minimum absolute atomic E-state index is 0.0178. The summed E-state index contributed by atoms with van der Waals surface area (Å²) in [5, 5.41) is 0. The second kappa shape index (κ2) is 5.92. The second-order valence-electron chi connectivity index (χ2n) is 5.90. The number of rotatable bonds is 3. The lowest BCUT2D eigenvalue weighted by molar-refractivity contribution is -0.136. The van der Waals surface area contributed by atoms with Gasteiger partial charge in [-0.15, -0.1) is 11.8 Å². The number of carbonyl (C=O) groups is 2. The van der Waals surface area contributed by atoms with Gasteiger partial charge < -0.3 is 0 Å². The smallest absolute Gasteiger partial charge is 0.149 e. The van der Waals surface area contributed by atoms with Gasteiger partial charge >= 0.3 is 0 Å². The summed E-state index contributed by atoms with van der Waals surface area (Å²) in [5.74, 6) is -0.699. The number of Topliss-reactive ketones (excluding diaryl/α,β-unsaturated/α-hetero) is 2. The van der Waals surface area contributed by atoms with Gasteiger partial charge in [0, 0.05) is 24.0 Å². The third-order valence-corrected chi connectivity index (χ3v) is 4.19. The molecule has 0 spiro atoms. The largest absolute Gasteiger partial charge is 0.298 e. The first-order chi connectivity index (χ1) is 9.41. The van der Waals surface area contributed by atoms with Crippen molar-refractivity contribution in [2.75, 3.05) is 6.26 Å².